The maximum atomic E-state index is 13.1. The molecular formula is C20H27N3O6S. The van der Waals surface area contributed by atoms with Gasteiger partial charge in [-0.1, -0.05) is 0 Å². The number of amides is 2. The molecule has 0 bridgehead atoms. The topological polar surface area (TPSA) is 96.5 Å². The average molecular weight is 438 g/mol. The number of carbonyl (C=O) groups is 2. The quantitative estimate of drug-likeness (QED) is 0.688. The van der Waals surface area contributed by atoms with Crippen LogP contribution in [0.1, 0.15) is 25.7 Å². The SMILES string of the molecule is O=C(CN1CCCCC1=O)N1CCN(S(=O)(=O)c2ccc3c(c2)OCCCO3)CC1. The first-order valence-corrected chi connectivity index (χ1v) is 11.8. The number of ether oxygens (including phenoxy) is 2. The van der Waals surface area contributed by atoms with Gasteiger partial charge in [-0.05, 0) is 25.0 Å². The molecular weight excluding hydrogens is 410 g/mol. The minimum absolute atomic E-state index is 0.0187. The third kappa shape index (κ3) is 4.39. The summed E-state index contributed by atoms with van der Waals surface area (Å²) in [4.78, 5) is 27.9. The third-order valence-corrected chi connectivity index (χ3v) is 7.59. The zero-order valence-corrected chi connectivity index (χ0v) is 17.7. The number of hydrogen-bond donors (Lipinski definition) is 0. The predicted molar refractivity (Wildman–Crippen MR) is 108 cm³/mol. The Morgan fingerprint density at radius 2 is 1.67 bits per heavy atom. The molecule has 10 heteroatoms. The summed E-state index contributed by atoms with van der Waals surface area (Å²) >= 11 is 0. The van der Waals surface area contributed by atoms with Crippen molar-refractivity contribution in [3.05, 3.63) is 18.2 Å². The molecule has 0 aliphatic carbocycles. The van der Waals surface area contributed by atoms with Gasteiger partial charge in [0.15, 0.2) is 11.5 Å². The number of piperazine rings is 1. The van der Waals surface area contributed by atoms with Crippen molar-refractivity contribution in [1.82, 2.24) is 14.1 Å². The fraction of sp³-hybridized carbons (Fsp3) is 0.600. The van der Waals surface area contributed by atoms with Crippen LogP contribution in [0.25, 0.3) is 0 Å². The van der Waals surface area contributed by atoms with Crippen LogP contribution in [-0.2, 0) is 19.6 Å². The largest absolute Gasteiger partial charge is 0.490 e. The van der Waals surface area contributed by atoms with Gasteiger partial charge in [-0.3, -0.25) is 9.59 Å². The lowest BCUT2D eigenvalue weighted by Gasteiger charge is -2.35. The number of benzene rings is 1. The second-order valence-corrected chi connectivity index (χ2v) is 9.65. The van der Waals surface area contributed by atoms with E-state index in [4.69, 9.17) is 9.47 Å². The summed E-state index contributed by atoms with van der Waals surface area (Å²) in [7, 11) is -3.70. The molecule has 3 aliphatic rings. The van der Waals surface area contributed by atoms with Crippen molar-refractivity contribution in [3.63, 3.8) is 0 Å². The van der Waals surface area contributed by atoms with Crippen molar-refractivity contribution in [3.8, 4) is 11.5 Å². The van der Waals surface area contributed by atoms with Gasteiger partial charge in [-0.2, -0.15) is 4.31 Å². The Kier molecular flexibility index (Phi) is 6.14. The van der Waals surface area contributed by atoms with Gasteiger partial charge < -0.3 is 19.3 Å². The molecule has 0 saturated carbocycles. The van der Waals surface area contributed by atoms with Gasteiger partial charge in [0.2, 0.25) is 21.8 Å². The molecule has 0 atom stereocenters. The zero-order chi connectivity index (χ0) is 21.1. The molecule has 0 radical (unpaired) electrons. The van der Waals surface area contributed by atoms with Crippen molar-refractivity contribution in [2.45, 2.75) is 30.6 Å². The molecule has 0 unspecified atom stereocenters. The van der Waals surface area contributed by atoms with E-state index < -0.39 is 10.0 Å². The Morgan fingerprint density at radius 1 is 0.933 bits per heavy atom. The van der Waals surface area contributed by atoms with Crippen LogP contribution in [0, 0.1) is 0 Å². The Balaban J connectivity index is 1.38. The first-order valence-electron chi connectivity index (χ1n) is 10.4. The number of hydrogen-bond acceptors (Lipinski definition) is 6. The molecule has 2 amide bonds. The normalized spacial score (nSPS) is 20.7. The molecule has 0 aromatic heterocycles. The van der Waals surface area contributed by atoms with Crippen LogP contribution in [0.3, 0.4) is 0 Å². The van der Waals surface area contributed by atoms with Crippen LogP contribution in [0.4, 0.5) is 0 Å². The molecule has 2 saturated heterocycles. The number of rotatable bonds is 4. The van der Waals surface area contributed by atoms with E-state index in [0.717, 1.165) is 19.3 Å². The van der Waals surface area contributed by atoms with Crippen LogP contribution in [-0.4, -0.2) is 86.8 Å². The maximum Gasteiger partial charge on any atom is 0.243 e. The number of fused-ring (bicyclic) bond motifs is 1. The highest BCUT2D eigenvalue weighted by Gasteiger charge is 2.32. The molecule has 0 spiro atoms. The average Bonchev–Trinajstić information content (AvgIpc) is 3.00. The van der Waals surface area contributed by atoms with Gasteiger partial charge in [-0.25, -0.2) is 8.42 Å². The molecule has 0 N–H and O–H groups in total. The predicted octanol–water partition coefficient (Wildman–Crippen LogP) is 0.693. The van der Waals surface area contributed by atoms with Gasteiger partial charge >= 0.3 is 0 Å². The molecule has 1 aromatic carbocycles. The van der Waals surface area contributed by atoms with E-state index in [9.17, 15) is 18.0 Å². The Bertz CT molecular complexity index is 911. The lowest BCUT2D eigenvalue weighted by atomic mass is 10.1. The van der Waals surface area contributed by atoms with E-state index in [2.05, 4.69) is 0 Å². The smallest absolute Gasteiger partial charge is 0.243 e. The molecule has 30 heavy (non-hydrogen) atoms. The number of sulfonamides is 1. The molecule has 4 rings (SSSR count). The van der Waals surface area contributed by atoms with Gasteiger partial charge in [0.25, 0.3) is 0 Å². The van der Waals surface area contributed by atoms with Gasteiger partial charge in [0.05, 0.1) is 24.7 Å². The number of nitrogens with zero attached hydrogens (tertiary/aromatic N) is 3. The molecule has 2 fully saturated rings. The van der Waals surface area contributed by atoms with Gasteiger partial charge in [0.1, 0.15) is 0 Å². The standard InChI is InChI=1S/C20H27N3O6S/c24-19-4-1-2-7-22(19)15-20(25)21-8-10-23(11-9-21)30(26,27)16-5-6-17-18(14-16)29-13-3-12-28-17/h5-6,14H,1-4,7-13,15H2. The van der Waals surface area contributed by atoms with Crippen LogP contribution < -0.4 is 9.47 Å². The van der Waals surface area contributed by atoms with Crippen molar-refractivity contribution < 1.29 is 27.5 Å². The van der Waals surface area contributed by atoms with E-state index >= 15 is 0 Å². The van der Waals surface area contributed by atoms with Crippen molar-refractivity contribution in [2.24, 2.45) is 0 Å². The Labute approximate surface area is 176 Å². The first kappa shape index (κ1) is 20.9. The zero-order valence-electron chi connectivity index (χ0n) is 16.9. The monoisotopic (exact) mass is 437 g/mol. The summed E-state index contributed by atoms with van der Waals surface area (Å²) in [6.07, 6.45) is 3.03. The van der Waals surface area contributed by atoms with Crippen LogP contribution in [0.2, 0.25) is 0 Å². The lowest BCUT2D eigenvalue weighted by molar-refractivity contribution is -0.142. The molecule has 3 heterocycles. The van der Waals surface area contributed by atoms with E-state index in [1.165, 1.54) is 16.4 Å². The highest BCUT2D eigenvalue weighted by molar-refractivity contribution is 7.89. The van der Waals surface area contributed by atoms with Crippen LogP contribution in [0.15, 0.2) is 23.1 Å². The lowest BCUT2D eigenvalue weighted by Crippen LogP contribution is -2.53. The fourth-order valence-electron chi connectivity index (χ4n) is 3.92. The molecule has 9 nitrogen and oxygen atoms in total. The minimum Gasteiger partial charge on any atom is -0.490 e. The van der Waals surface area contributed by atoms with E-state index in [1.54, 1.807) is 15.9 Å². The molecule has 1 aromatic rings. The van der Waals surface area contributed by atoms with Crippen molar-refractivity contribution >= 4 is 21.8 Å². The number of likely N-dealkylation sites (tertiary alicyclic amines) is 1. The summed E-state index contributed by atoms with van der Waals surface area (Å²) in [6, 6.07) is 4.67. The van der Waals surface area contributed by atoms with Crippen molar-refractivity contribution in [1.29, 1.82) is 0 Å². The Morgan fingerprint density at radius 3 is 2.40 bits per heavy atom. The second kappa shape index (κ2) is 8.81. The molecule has 3 aliphatic heterocycles. The van der Waals surface area contributed by atoms with E-state index in [1.807, 2.05) is 0 Å². The van der Waals surface area contributed by atoms with Gasteiger partial charge in [-0.15, -0.1) is 0 Å². The summed E-state index contributed by atoms with van der Waals surface area (Å²) in [6.45, 7) is 2.77. The number of piperidine rings is 1. The third-order valence-electron chi connectivity index (χ3n) is 5.70. The fourth-order valence-corrected chi connectivity index (χ4v) is 5.36. The van der Waals surface area contributed by atoms with Crippen LogP contribution >= 0.6 is 0 Å². The summed E-state index contributed by atoms with van der Waals surface area (Å²) < 4.78 is 38.7. The molecule has 164 valence electrons. The number of carbonyl (C=O) groups excluding carboxylic acids is 2. The van der Waals surface area contributed by atoms with Gasteiger partial charge in [0, 0.05) is 51.6 Å². The maximum absolute atomic E-state index is 13.1. The van der Waals surface area contributed by atoms with Crippen molar-refractivity contribution in [2.75, 3.05) is 52.5 Å². The summed E-state index contributed by atoms with van der Waals surface area (Å²) in [5, 5.41) is 0. The van der Waals surface area contributed by atoms with E-state index in [0.29, 0.717) is 50.8 Å². The van der Waals surface area contributed by atoms with Crippen LogP contribution in [0.5, 0.6) is 11.5 Å². The highest BCUT2D eigenvalue weighted by Crippen LogP contribution is 2.33. The Hall–Kier alpha value is -2.33. The first-order chi connectivity index (χ1) is 14.4. The minimum atomic E-state index is -3.70. The summed E-state index contributed by atoms with van der Waals surface area (Å²) in [5.74, 6) is 0.880. The summed E-state index contributed by atoms with van der Waals surface area (Å²) in [5.41, 5.74) is 0. The highest BCUT2D eigenvalue weighted by atomic mass is 32.2. The second-order valence-electron chi connectivity index (χ2n) is 7.72. The van der Waals surface area contributed by atoms with E-state index in [-0.39, 0.29) is 36.3 Å².